The summed E-state index contributed by atoms with van der Waals surface area (Å²) in [5.41, 5.74) is 0. The van der Waals surface area contributed by atoms with E-state index in [-0.39, 0.29) is 6.61 Å². The maximum absolute atomic E-state index is 8.71. The minimum absolute atomic E-state index is 0.0685. The van der Waals surface area contributed by atoms with Gasteiger partial charge in [-0.25, -0.2) is 0 Å². The quantitative estimate of drug-likeness (QED) is 0.616. The van der Waals surface area contributed by atoms with Gasteiger partial charge in [-0.1, -0.05) is 0 Å². The number of nitrogens with one attached hydrogen (secondary N) is 1. The van der Waals surface area contributed by atoms with Crippen molar-refractivity contribution < 1.29 is 5.11 Å². The normalized spacial score (nSPS) is 10.2. The molecule has 0 aliphatic heterocycles. The third kappa shape index (κ3) is 1.10. The lowest BCUT2D eigenvalue weighted by Crippen LogP contribution is -2.00. The van der Waals surface area contributed by atoms with Gasteiger partial charge in [0.15, 0.2) is 10.6 Å². The van der Waals surface area contributed by atoms with Gasteiger partial charge in [0.2, 0.25) is 0 Å². The smallest absolute Gasteiger partial charge is 0.195 e. The number of aromatic amines is 1. The minimum atomic E-state index is -0.0685. The summed E-state index contributed by atoms with van der Waals surface area (Å²) in [6, 6.07) is 0. The van der Waals surface area contributed by atoms with Gasteiger partial charge >= 0.3 is 0 Å². The summed E-state index contributed by atoms with van der Waals surface area (Å²) in [6.07, 6.45) is 0. The highest BCUT2D eigenvalue weighted by atomic mass is 32.1. The number of H-pyrrole nitrogens is 1. The molecule has 10 heavy (non-hydrogen) atoms. The number of aliphatic hydroxyl groups is 1. The van der Waals surface area contributed by atoms with Gasteiger partial charge in [0, 0.05) is 6.54 Å². The Hall–Kier alpha value is -0.680. The van der Waals surface area contributed by atoms with Crippen LogP contribution in [0.5, 0.6) is 0 Å². The number of hydrogen-bond donors (Lipinski definition) is 2. The summed E-state index contributed by atoms with van der Waals surface area (Å²) in [4.78, 5) is 0. The topological polar surface area (TPSA) is 53.8 Å². The molecule has 1 aromatic rings. The second kappa shape index (κ2) is 2.94. The molecule has 56 valence electrons. The van der Waals surface area contributed by atoms with E-state index in [2.05, 4.69) is 10.2 Å². The lowest BCUT2D eigenvalue weighted by atomic mass is 10.6. The number of aliphatic hydroxyl groups excluding tert-OH is 1. The highest BCUT2D eigenvalue weighted by Gasteiger charge is 1.99. The average Bonchev–Trinajstić information content (AvgIpc) is 2.30. The van der Waals surface area contributed by atoms with Crippen LogP contribution < -0.4 is 0 Å². The fourth-order valence-corrected chi connectivity index (χ4v) is 1.08. The van der Waals surface area contributed by atoms with Gasteiger partial charge in [-0.2, -0.15) is 5.10 Å². The van der Waals surface area contributed by atoms with Gasteiger partial charge in [-0.3, -0.25) is 5.10 Å². The zero-order valence-corrected chi connectivity index (χ0v) is 6.48. The van der Waals surface area contributed by atoms with E-state index in [1.54, 1.807) is 4.57 Å². The molecule has 2 N–H and O–H groups in total. The first-order valence-corrected chi connectivity index (χ1v) is 3.45. The third-order valence-corrected chi connectivity index (χ3v) is 1.61. The molecule has 0 aromatic carbocycles. The Labute approximate surface area is 63.5 Å². The molecule has 0 amide bonds. The predicted octanol–water partition coefficient (Wildman–Crippen LogP) is 0.453. The van der Waals surface area contributed by atoms with E-state index in [9.17, 15) is 0 Å². The van der Waals surface area contributed by atoms with Crippen LogP contribution in [-0.2, 0) is 13.2 Å². The van der Waals surface area contributed by atoms with Gasteiger partial charge < -0.3 is 9.67 Å². The maximum atomic E-state index is 8.71. The Morgan fingerprint density at radius 1 is 1.80 bits per heavy atom. The van der Waals surface area contributed by atoms with Gasteiger partial charge in [-0.05, 0) is 19.1 Å². The number of aromatic nitrogens is 3. The SMILES string of the molecule is CCn1c(CO)n[nH]c1=S. The monoisotopic (exact) mass is 159 g/mol. The fourth-order valence-electron chi connectivity index (χ4n) is 0.797. The van der Waals surface area contributed by atoms with Crippen molar-refractivity contribution in [3.63, 3.8) is 0 Å². The minimum Gasteiger partial charge on any atom is -0.388 e. The summed E-state index contributed by atoms with van der Waals surface area (Å²) >= 11 is 4.87. The summed E-state index contributed by atoms with van der Waals surface area (Å²) in [5.74, 6) is 0.590. The van der Waals surface area contributed by atoms with Crippen LogP contribution in [0.3, 0.4) is 0 Å². The first kappa shape index (κ1) is 7.43. The second-order valence-electron chi connectivity index (χ2n) is 1.85. The van der Waals surface area contributed by atoms with Crippen molar-refractivity contribution >= 4 is 12.2 Å². The van der Waals surface area contributed by atoms with Gasteiger partial charge in [0.05, 0.1) is 0 Å². The summed E-state index contributed by atoms with van der Waals surface area (Å²) in [6.45, 7) is 2.62. The lowest BCUT2D eigenvalue weighted by Gasteiger charge is -1.97. The van der Waals surface area contributed by atoms with E-state index in [4.69, 9.17) is 17.3 Å². The molecule has 0 spiro atoms. The molecule has 0 fully saturated rings. The van der Waals surface area contributed by atoms with Crippen molar-refractivity contribution in [1.82, 2.24) is 14.8 Å². The predicted molar refractivity (Wildman–Crippen MR) is 39.0 cm³/mol. The van der Waals surface area contributed by atoms with Crippen LogP contribution in [0, 0.1) is 4.77 Å². The van der Waals surface area contributed by atoms with Gasteiger partial charge in [0.1, 0.15) is 6.61 Å². The molecule has 0 saturated carbocycles. The third-order valence-electron chi connectivity index (χ3n) is 1.29. The molecule has 0 unspecified atom stereocenters. The first-order chi connectivity index (χ1) is 4.79. The maximum Gasteiger partial charge on any atom is 0.195 e. The Kier molecular flexibility index (Phi) is 2.18. The van der Waals surface area contributed by atoms with E-state index >= 15 is 0 Å². The van der Waals surface area contributed by atoms with E-state index in [0.29, 0.717) is 10.6 Å². The van der Waals surface area contributed by atoms with E-state index < -0.39 is 0 Å². The molecule has 0 bridgehead atoms. The second-order valence-corrected chi connectivity index (χ2v) is 2.23. The van der Waals surface area contributed by atoms with Gasteiger partial charge in [0.25, 0.3) is 0 Å². The molecule has 4 nitrogen and oxygen atoms in total. The van der Waals surface area contributed by atoms with Crippen LogP contribution in [0.4, 0.5) is 0 Å². The fraction of sp³-hybridized carbons (Fsp3) is 0.600. The van der Waals surface area contributed by atoms with Crippen molar-refractivity contribution in [3.8, 4) is 0 Å². The van der Waals surface area contributed by atoms with E-state index in [0.717, 1.165) is 6.54 Å². The Morgan fingerprint density at radius 2 is 2.50 bits per heavy atom. The van der Waals surface area contributed by atoms with Crippen molar-refractivity contribution in [1.29, 1.82) is 0 Å². The van der Waals surface area contributed by atoms with Crippen molar-refractivity contribution in [3.05, 3.63) is 10.6 Å². The Morgan fingerprint density at radius 3 is 2.90 bits per heavy atom. The first-order valence-electron chi connectivity index (χ1n) is 3.04. The standard InChI is InChI=1S/C5H9N3OS/c1-2-8-4(3-9)6-7-5(8)10/h9H,2-3H2,1H3,(H,7,10). The molecule has 0 aliphatic carbocycles. The number of nitrogens with zero attached hydrogens (tertiary/aromatic N) is 2. The summed E-state index contributed by atoms with van der Waals surface area (Å²) in [7, 11) is 0. The van der Waals surface area contributed by atoms with Crippen molar-refractivity contribution in [2.24, 2.45) is 0 Å². The molecular weight excluding hydrogens is 150 g/mol. The van der Waals surface area contributed by atoms with Crippen LogP contribution in [0.1, 0.15) is 12.7 Å². The largest absolute Gasteiger partial charge is 0.388 e. The zero-order chi connectivity index (χ0) is 7.56. The Balaban J connectivity index is 3.13. The molecule has 0 aliphatic rings. The van der Waals surface area contributed by atoms with Crippen molar-refractivity contribution in [2.45, 2.75) is 20.1 Å². The number of hydrogen-bond acceptors (Lipinski definition) is 3. The lowest BCUT2D eigenvalue weighted by molar-refractivity contribution is 0.265. The molecule has 0 saturated heterocycles. The number of rotatable bonds is 2. The van der Waals surface area contributed by atoms with Crippen LogP contribution in [0.15, 0.2) is 0 Å². The van der Waals surface area contributed by atoms with Crippen LogP contribution in [-0.4, -0.2) is 19.9 Å². The Bertz CT molecular complexity index is 264. The zero-order valence-electron chi connectivity index (χ0n) is 5.66. The molecular formula is C5H9N3OS. The molecule has 5 heteroatoms. The molecule has 1 heterocycles. The van der Waals surface area contributed by atoms with Crippen LogP contribution >= 0.6 is 12.2 Å². The molecule has 0 atom stereocenters. The molecule has 0 radical (unpaired) electrons. The molecule has 1 aromatic heterocycles. The van der Waals surface area contributed by atoms with Crippen molar-refractivity contribution in [2.75, 3.05) is 0 Å². The van der Waals surface area contributed by atoms with Crippen LogP contribution in [0.2, 0.25) is 0 Å². The summed E-state index contributed by atoms with van der Waals surface area (Å²) < 4.78 is 2.31. The van der Waals surface area contributed by atoms with E-state index in [1.165, 1.54) is 0 Å². The summed E-state index contributed by atoms with van der Waals surface area (Å²) in [5, 5.41) is 15.1. The average molecular weight is 159 g/mol. The molecule has 1 rings (SSSR count). The van der Waals surface area contributed by atoms with Gasteiger partial charge in [-0.15, -0.1) is 0 Å². The van der Waals surface area contributed by atoms with E-state index in [1.807, 2.05) is 6.92 Å². The highest BCUT2D eigenvalue weighted by Crippen LogP contribution is 1.95. The highest BCUT2D eigenvalue weighted by molar-refractivity contribution is 7.71. The van der Waals surface area contributed by atoms with Crippen LogP contribution in [0.25, 0.3) is 0 Å².